The van der Waals surface area contributed by atoms with Crippen molar-refractivity contribution in [3.05, 3.63) is 164 Å². The molecule has 0 spiro atoms. The molecule has 10 aromatic rings. The van der Waals surface area contributed by atoms with Gasteiger partial charge in [-0.15, -0.1) is 22.7 Å². The molecule has 0 saturated heterocycles. The van der Waals surface area contributed by atoms with Crippen LogP contribution in [0.15, 0.2) is 164 Å². The normalized spacial score (nSPS) is 11.6. The average Bonchev–Trinajstić information content (AvgIpc) is 3.76. The highest BCUT2D eigenvalue weighted by Crippen LogP contribution is 2.46. The molecule has 5 heteroatoms. The van der Waals surface area contributed by atoms with Gasteiger partial charge in [0.15, 0.2) is 17.5 Å². The highest BCUT2D eigenvalue weighted by molar-refractivity contribution is 7.26. The highest BCUT2D eigenvalue weighted by Gasteiger charge is 2.22. The van der Waals surface area contributed by atoms with E-state index in [2.05, 4.69) is 127 Å². The maximum absolute atomic E-state index is 5.28. The molecule has 0 aliphatic heterocycles. The van der Waals surface area contributed by atoms with Crippen molar-refractivity contribution in [1.82, 2.24) is 15.0 Å². The van der Waals surface area contributed by atoms with Gasteiger partial charge in [-0.1, -0.05) is 140 Å². The van der Waals surface area contributed by atoms with Crippen LogP contribution in [-0.4, -0.2) is 15.0 Å². The van der Waals surface area contributed by atoms with Gasteiger partial charge in [0, 0.05) is 62.6 Å². The van der Waals surface area contributed by atoms with Crippen LogP contribution in [0.25, 0.3) is 96.8 Å². The van der Waals surface area contributed by atoms with Crippen LogP contribution in [0.1, 0.15) is 0 Å². The lowest BCUT2D eigenvalue weighted by atomic mass is 9.90. The number of hydrogen-bond donors (Lipinski definition) is 0. The molecule has 0 amide bonds. The van der Waals surface area contributed by atoms with Crippen molar-refractivity contribution in [2.45, 2.75) is 0 Å². The minimum absolute atomic E-state index is 0.648. The minimum Gasteiger partial charge on any atom is -0.208 e. The Morgan fingerprint density at radius 2 is 0.840 bits per heavy atom. The standard InChI is InChI=1S/C45H27N3S2/c1-3-13-28(14-4-1)43-46-44(29-15-5-2-6-16-29)48-45(47-43)41-31(30-25-26-40-37(27-30)33-18-8-9-23-38(33)49-40)19-11-20-34(41)36-22-12-21-35-32-17-7-10-24-39(32)50-42(35)36/h1-27H. The molecular weight excluding hydrogens is 647 g/mol. The first-order valence-electron chi connectivity index (χ1n) is 16.6. The molecule has 0 saturated carbocycles. The van der Waals surface area contributed by atoms with Gasteiger partial charge < -0.3 is 0 Å². The molecule has 0 aliphatic rings. The van der Waals surface area contributed by atoms with Gasteiger partial charge in [0.05, 0.1) is 0 Å². The molecule has 0 N–H and O–H groups in total. The van der Waals surface area contributed by atoms with Crippen LogP contribution in [0.5, 0.6) is 0 Å². The van der Waals surface area contributed by atoms with Crippen LogP contribution in [0.4, 0.5) is 0 Å². The number of hydrogen-bond acceptors (Lipinski definition) is 5. The summed E-state index contributed by atoms with van der Waals surface area (Å²) >= 11 is 3.68. The quantitative estimate of drug-likeness (QED) is 0.182. The Morgan fingerprint density at radius 3 is 1.56 bits per heavy atom. The lowest BCUT2D eigenvalue weighted by molar-refractivity contribution is 1.07. The minimum atomic E-state index is 0.648. The van der Waals surface area contributed by atoms with Gasteiger partial charge in [-0.2, -0.15) is 0 Å². The predicted octanol–water partition coefficient (Wildman–Crippen LogP) is 12.9. The topological polar surface area (TPSA) is 38.7 Å². The lowest BCUT2D eigenvalue weighted by Crippen LogP contribution is -2.02. The second-order valence-corrected chi connectivity index (χ2v) is 14.5. The number of benzene rings is 7. The summed E-state index contributed by atoms with van der Waals surface area (Å²) in [4.78, 5) is 15.6. The molecule has 3 heterocycles. The number of fused-ring (bicyclic) bond motifs is 6. The fraction of sp³-hybridized carbons (Fsp3) is 0. The Bertz CT molecular complexity index is 2810. The number of thiophene rings is 2. The van der Waals surface area contributed by atoms with Crippen molar-refractivity contribution in [3.63, 3.8) is 0 Å². The summed E-state index contributed by atoms with van der Waals surface area (Å²) in [6, 6.07) is 57.9. The van der Waals surface area contributed by atoms with Crippen LogP contribution in [-0.2, 0) is 0 Å². The molecule has 0 fully saturated rings. The summed E-state index contributed by atoms with van der Waals surface area (Å²) in [7, 11) is 0. The Hall–Kier alpha value is -6.01. The molecule has 10 rings (SSSR count). The van der Waals surface area contributed by atoms with Crippen molar-refractivity contribution >= 4 is 63.0 Å². The zero-order valence-electron chi connectivity index (χ0n) is 26.7. The number of nitrogens with zero attached hydrogens (tertiary/aromatic N) is 3. The first-order valence-corrected chi connectivity index (χ1v) is 18.2. The van der Waals surface area contributed by atoms with Crippen LogP contribution in [0.3, 0.4) is 0 Å². The van der Waals surface area contributed by atoms with E-state index >= 15 is 0 Å². The van der Waals surface area contributed by atoms with E-state index in [-0.39, 0.29) is 0 Å². The molecule has 50 heavy (non-hydrogen) atoms. The zero-order valence-corrected chi connectivity index (χ0v) is 28.4. The second kappa shape index (κ2) is 11.8. The van der Waals surface area contributed by atoms with Crippen molar-refractivity contribution in [2.24, 2.45) is 0 Å². The predicted molar refractivity (Wildman–Crippen MR) is 213 cm³/mol. The summed E-state index contributed by atoms with van der Waals surface area (Å²) in [5.74, 6) is 1.95. The molecule has 3 aromatic heterocycles. The maximum Gasteiger partial charge on any atom is 0.165 e. The molecular formula is C45H27N3S2. The summed E-state index contributed by atoms with van der Waals surface area (Å²) in [6.07, 6.45) is 0. The fourth-order valence-electron chi connectivity index (χ4n) is 7.03. The van der Waals surface area contributed by atoms with Gasteiger partial charge >= 0.3 is 0 Å². The highest BCUT2D eigenvalue weighted by atomic mass is 32.1. The maximum atomic E-state index is 5.28. The van der Waals surface area contributed by atoms with Gasteiger partial charge in [-0.3, -0.25) is 0 Å². The van der Waals surface area contributed by atoms with Gasteiger partial charge in [0.2, 0.25) is 0 Å². The molecule has 0 radical (unpaired) electrons. The van der Waals surface area contributed by atoms with Crippen molar-refractivity contribution in [1.29, 1.82) is 0 Å². The van der Waals surface area contributed by atoms with E-state index in [0.717, 1.165) is 33.4 Å². The van der Waals surface area contributed by atoms with Crippen LogP contribution in [0, 0.1) is 0 Å². The zero-order chi connectivity index (χ0) is 33.0. The van der Waals surface area contributed by atoms with Crippen molar-refractivity contribution < 1.29 is 0 Å². The Kier molecular flexibility index (Phi) is 6.86. The molecule has 7 aromatic carbocycles. The molecule has 0 aliphatic carbocycles. The smallest absolute Gasteiger partial charge is 0.165 e. The molecule has 0 unspecified atom stereocenters. The van der Waals surface area contributed by atoms with Gasteiger partial charge in [0.1, 0.15) is 0 Å². The van der Waals surface area contributed by atoms with Crippen LogP contribution < -0.4 is 0 Å². The Balaban J connectivity index is 1.30. The van der Waals surface area contributed by atoms with Gasteiger partial charge in [-0.05, 0) is 41.0 Å². The van der Waals surface area contributed by atoms with E-state index in [1.165, 1.54) is 45.9 Å². The number of rotatable bonds is 5. The summed E-state index contributed by atoms with van der Waals surface area (Å²) < 4.78 is 5.11. The van der Waals surface area contributed by atoms with Gasteiger partial charge in [0.25, 0.3) is 0 Å². The van der Waals surface area contributed by atoms with E-state index in [1.807, 2.05) is 59.1 Å². The van der Waals surface area contributed by atoms with Gasteiger partial charge in [-0.25, -0.2) is 15.0 Å². The summed E-state index contributed by atoms with van der Waals surface area (Å²) in [5.41, 5.74) is 7.37. The van der Waals surface area contributed by atoms with Crippen LogP contribution in [0.2, 0.25) is 0 Å². The molecule has 3 nitrogen and oxygen atoms in total. The first kappa shape index (κ1) is 29.0. The van der Waals surface area contributed by atoms with E-state index in [1.54, 1.807) is 0 Å². The lowest BCUT2D eigenvalue weighted by Gasteiger charge is -2.17. The number of aromatic nitrogens is 3. The van der Waals surface area contributed by atoms with E-state index in [9.17, 15) is 0 Å². The first-order chi connectivity index (χ1) is 24.8. The Labute approximate surface area is 296 Å². The molecule has 234 valence electrons. The monoisotopic (exact) mass is 673 g/mol. The largest absolute Gasteiger partial charge is 0.208 e. The SMILES string of the molecule is c1ccc(-c2nc(-c3ccccc3)nc(-c3c(-c4ccc5sc6ccccc6c5c4)cccc3-c3cccc4c3sc3ccccc34)n2)cc1. The van der Waals surface area contributed by atoms with E-state index < -0.39 is 0 Å². The Morgan fingerprint density at radius 1 is 0.320 bits per heavy atom. The fourth-order valence-corrected chi connectivity index (χ4v) is 9.35. The van der Waals surface area contributed by atoms with Crippen molar-refractivity contribution in [2.75, 3.05) is 0 Å². The third kappa shape index (κ3) is 4.82. The summed E-state index contributed by atoms with van der Waals surface area (Å²) in [6.45, 7) is 0. The second-order valence-electron chi connectivity index (χ2n) is 12.4. The third-order valence-electron chi connectivity index (χ3n) is 9.37. The molecule has 0 atom stereocenters. The van der Waals surface area contributed by atoms with Crippen LogP contribution >= 0.6 is 22.7 Å². The summed E-state index contributed by atoms with van der Waals surface area (Å²) in [5, 5.41) is 5.08. The average molecular weight is 674 g/mol. The van der Waals surface area contributed by atoms with Crippen molar-refractivity contribution in [3.8, 4) is 56.4 Å². The molecule has 0 bridgehead atoms. The third-order valence-corrected chi connectivity index (χ3v) is 11.7. The van der Waals surface area contributed by atoms with E-state index in [4.69, 9.17) is 15.0 Å². The van der Waals surface area contributed by atoms with E-state index in [0.29, 0.717) is 17.5 Å².